The zero-order valence-electron chi connectivity index (χ0n) is 12.7. The largest absolute Gasteiger partial charge is 0.487 e. The molecule has 1 heterocycles. The van der Waals surface area contributed by atoms with E-state index in [1.165, 1.54) is 12.1 Å². The third kappa shape index (κ3) is 5.52. The van der Waals surface area contributed by atoms with Crippen LogP contribution in [0.15, 0.2) is 42.6 Å². The van der Waals surface area contributed by atoms with Crippen molar-refractivity contribution in [3.05, 3.63) is 59.7 Å². The highest BCUT2D eigenvalue weighted by atomic mass is 19.1. The van der Waals surface area contributed by atoms with E-state index in [1.54, 1.807) is 18.3 Å². The normalized spacial score (nSPS) is 11.4. The fourth-order valence-corrected chi connectivity index (χ4v) is 1.70. The first-order valence-electron chi connectivity index (χ1n) is 6.99. The molecule has 1 aromatic heterocycles. The van der Waals surface area contributed by atoms with Crippen LogP contribution < -0.4 is 10.1 Å². The van der Waals surface area contributed by atoms with Gasteiger partial charge in [0.2, 0.25) is 0 Å². The maximum atomic E-state index is 12.8. The molecule has 0 aliphatic carbocycles. The lowest BCUT2D eigenvalue weighted by Gasteiger charge is -2.20. The fraction of sp³-hybridized carbons (Fsp3) is 0.353. The number of nitrogens with one attached hydrogen (secondary N) is 1. The van der Waals surface area contributed by atoms with E-state index in [9.17, 15) is 4.39 Å². The molecule has 0 radical (unpaired) electrons. The van der Waals surface area contributed by atoms with Crippen molar-refractivity contribution in [1.82, 2.24) is 10.3 Å². The van der Waals surface area contributed by atoms with E-state index in [0.29, 0.717) is 12.4 Å². The van der Waals surface area contributed by atoms with Gasteiger partial charge in [0, 0.05) is 12.1 Å². The maximum Gasteiger partial charge on any atom is 0.138 e. The standard InChI is InChI=1S/C17H21FN2O/c1-17(2,3)20-10-15-8-9-16(11-19-15)21-12-13-4-6-14(18)7-5-13/h4-9,11,20H,10,12H2,1-3H3. The highest BCUT2D eigenvalue weighted by molar-refractivity contribution is 5.21. The molecule has 0 spiro atoms. The molecule has 0 saturated carbocycles. The average molecular weight is 288 g/mol. The SMILES string of the molecule is CC(C)(C)NCc1ccc(OCc2ccc(F)cc2)cn1. The first-order valence-corrected chi connectivity index (χ1v) is 6.99. The van der Waals surface area contributed by atoms with Gasteiger partial charge in [-0.1, -0.05) is 12.1 Å². The number of aromatic nitrogens is 1. The summed E-state index contributed by atoms with van der Waals surface area (Å²) in [5.41, 5.74) is 1.97. The number of ether oxygens (including phenoxy) is 1. The number of nitrogens with zero attached hydrogens (tertiary/aromatic N) is 1. The Bertz CT molecular complexity index is 559. The van der Waals surface area contributed by atoms with Crippen LogP contribution in [0.3, 0.4) is 0 Å². The molecule has 112 valence electrons. The Labute approximate surface area is 125 Å². The molecule has 3 nitrogen and oxygen atoms in total. The van der Waals surface area contributed by atoms with Gasteiger partial charge in [-0.15, -0.1) is 0 Å². The van der Waals surface area contributed by atoms with E-state index < -0.39 is 0 Å². The van der Waals surface area contributed by atoms with E-state index in [4.69, 9.17) is 4.74 Å². The molecule has 0 bridgehead atoms. The van der Waals surface area contributed by atoms with E-state index in [-0.39, 0.29) is 11.4 Å². The molecule has 1 aromatic carbocycles. The number of halogens is 1. The lowest BCUT2D eigenvalue weighted by Crippen LogP contribution is -2.35. The van der Waals surface area contributed by atoms with Crippen molar-refractivity contribution in [3.63, 3.8) is 0 Å². The van der Waals surface area contributed by atoms with Gasteiger partial charge >= 0.3 is 0 Å². The summed E-state index contributed by atoms with van der Waals surface area (Å²) >= 11 is 0. The second-order valence-corrected chi connectivity index (χ2v) is 6.00. The molecule has 0 fully saturated rings. The summed E-state index contributed by atoms with van der Waals surface area (Å²) in [6.45, 7) is 7.48. The first-order chi connectivity index (χ1) is 9.92. The van der Waals surface area contributed by atoms with Crippen LogP contribution in [0.2, 0.25) is 0 Å². The van der Waals surface area contributed by atoms with Crippen molar-refractivity contribution in [2.24, 2.45) is 0 Å². The molecular weight excluding hydrogens is 267 g/mol. The quantitative estimate of drug-likeness (QED) is 0.911. The number of pyridine rings is 1. The molecule has 0 atom stereocenters. The van der Waals surface area contributed by atoms with Crippen molar-refractivity contribution in [1.29, 1.82) is 0 Å². The van der Waals surface area contributed by atoms with Crippen molar-refractivity contribution >= 4 is 0 Å². The number of hydrogen-bond acceptors (Lipinski definition) is 3. The van der Waals surface area contributed by atoms with Gasteiger partial charge in [0.25, 0.3) is 0 Å². The summed E-state index contributed by atoms with van der Waals surface area (Å²) in [6.07, 6.45) is 1.71. The maximum absolute atomic E-state index is 12.8. The summed E-state index contributed by atoms with van der Waals surface area (Å²) in [7, 11) is 0. The first kappa shape index (κ1) is 15.4. The van der Waals surface area contributed by atoms with Crippen molar-refractivity contribution in [2.75, 3.05) is 0 Å². The van der Waals surface area contributed by atoms with Gasteiger partial charge < -0.3 is 10.1 Å². The van der Waals surface area contributed by atoms with E-state index in [0.717, 1.165) is 17.8 Å². The molecule has 2 rings (SSSR count). The van der Waals surface area contributed by atoms with Gasteiger partial charge in [-0.3, -0.25) is 4.98 Å². The number of hydrogen-bond donors (Lipinski definition) is 1. The zero-order chi connectivity index (χ0) is 15.3. The Morgan fingerprint density at radius 3 is 2.38 bits per heavy atom. The highest BCUT2D eigenvalue weighted by Crippen LogP contribution is 2.13. The molecule has 0 aliphatic heterocycles. The molecule has 4 heteroatoms. The summed E-state index contributed by atoms with van der Waals surface area (Å²) in [6, 6.07) is 10.1. The summed E-state index contributed by atoms with van der Waals surface area (Å²) < 4.78 is 18.4. The molecule has 0 aliphatic rings. The lowest BCUT2D eigenvalue weighted by atomic mass is 10.1. The minimum absolute atomic E-state index is 0.0689. The zero-order valence-corrected chi connectivity index (χ0v) is 12.7. The predicted molar refractivity (Wildman–Crippen MR) is 81.6 cm³/mol. The second kappa shape index (κ2) is 6.68. The Hall–Kier alpha value is -1.94. The Balaban J connectivity index is 1.86. The minimum atomic E-state index is -0.240. The highest BCUT2D eigenvalue weighted by Gasteiger charge is 2.08. The van der Waals surface area contributed by atoms with Crippen LogP contribution in [-0.4, -0.2) is 10.5 Å². The third-order valence-corrected chi connectivity index (χ3v) is 2.92. The van der Waals surface area contributed by atoms with Crippen molar-refractivity contribution < 1.29 is 9.13 Å². The van der Waals surface area contributed by atoms with Crippen LogP contribution >= 0.6 is 0 Å². The van der Waals surface area contributed by atoms with Gasteiger partial charge in [0.15, 0.2) is 0 Å². The summed E-state index contributed by atoms with van der Waals surface area (Å²) in [5.74, 6) is 0.468. The van der Waals surface area contributed by atoms with Gasteiger partial charge in [0.05, 0.1) is 11.9 Å². The summed E-state index contributed by atoms with van der Waals surface area (Å²) in [4.78, 5) is 4.36. The second-order valence-electron chi connectivity index (χ2n) is 6.00. The Morgan fingerprint density at radius 2 is 1.81 bits per heavy atom. The number of rotatable bonds is 5. The van der Waals surface area contributed by atoms with Gasteiger partial charge in [-0.05, 0) is 50.6 Å². The van der Waals surface area contributed by atoms with Gasteiger partial charge in [-0.25, -0.2) is 4.39 Å². The molecule has 0 unspecified atom stereocenters. The lowest BCUT2D eigenvalue weighted by molar-refractivity contribution is 0.304. The Morgan fingerprint density at radius 1 is 1.10 bits per heavy atom. The Kier molecular flexibility index (Phi) is 4.91. The molecule has 2 aromatic rings. The fourth-order valence-electron chi connectivity index (χ4n) is 1.70. The van der Waals surface area contributed by atoms with Crippen molar-refractivity contribution in [3.8, 4) is 5.75 Å². The minimum Gasteiger partial charge on any atom is -0.487 e. The topological polar surface area (TPSA) is 34.1 Å². The van der Waals surface area contributed by atoms with Crippen LogP contribution in [0.5, 0.6) is 5.75 Å². The summed E-state index contributed by atoms with van der Waals surface area (Å²) in [5, 5.41) is 3.38. The average Bonchev–Trinajstić information content (AvgIpc) is 2.45. The van der Waals surface area contributed by atoms with Crippen LogP contribution in [0.1, 0.15) is 32.0 Å². The van der Waals surface area contributed by atoms with Crippen molar-refractivity contribution in [2.45, 2.75) is 39.5 Å². The van der Waals surface area contributed by atoms with Crippen LogP contribution in [0.25, 0.3) is 0 Å². The van der Waals surface area contributed by atoms with Crippen LogP contribution in [0.4, 0.5) is 4.39 Å². The molecular formula is C17H21FN2O. The monoisotopic (exact) mass is 288 g/mol. The molecule has 1 N–H and O–H groups in total. The van der Waals surface area contributed by atoms with E-state index in [1.807, 2.05) is 12.1 Å². The number of benzene rings is 1. The van der Waals surface area contributed by atoms with E-state index in [2.05, 4.69) is 31.1 Å². The predicted octanol–water partition coefficient (Wildman–Crippen LogP) is 3.69. The van der Waals surface area contributed by atoms with Crippen LogP contribution in [0, 0.1) is 5.82 Å². The van der Waals surface area contributed by atoms with Crippen LogP contribution in [-0.2, 0) is 13.2 Å². The van der Waals surface area contributed by atoms with E-state index >= 15 is 0 Å². The third-order valence-electron chi connectivity index (χ3n) is 2.92. The molecule has 0 saturated heterocycles. The smallest absolute Gasteiger partial charge is 0.138 e. The molecule has 21 heavy (non-hydrogen) atoms. The van der Waals surface area contributed by atoms with Gasteiger partial charge in [-0.2, -0.15) is 0 Å². The molecule has 0 amide bonds. The van der Waals surface area contributed by atoms with Gasteiger partial charge in [0.1, 0.15) is 18.2 Å².